The molecule has 1 atom stereocenters. The third-order valence-corrected chi connectivity index (χ3v) is 7.16. The minimum absolute atomic E-state index is 0.0527. The van der Waals surface area contributed by atoms with Gasteiger partial charge in [0.2, 0.25) is 5.43 Å². The van der Waals surface area contributed by atoms with Crippen LogP contribution in [0.1, 0.15) is 16.9 Å². The van der Waals surface area contributed by atoms with Gasteiger partial charge in [-0.1, -0.05) is 66.7 Å². The van der Waals surface area contributed by atoms with E-state index in [0.717, 1.165) is 11.1 Å². The highest BCUT2D eigenvalue weighted by atomic mass is 16.6. The lowest BCUT2D eigenvalue weighted by Crippen LogP contribution is -2.44. The van der Waals surface area contributed by atoms with Crippen LogP contribution in [-0.4, -0.2) is 31.3 Å². The molecule has 2 heterocycles. The van der Waals surface area contributed by atoms with Crippen LogP contribution in [-0.2, 0) is 22.6 Å². The van der Waals surface area contributed by atoms with E-state index in [1.807, 2.05) is 60.7 Å². The first-order chi connectivity index (χ1) is 21.4. The van der Waals surface area contributed by atoms with Crippen LogP contribution in [0.25, 0.3) is 22.1 Å². The van der Waals surface area contributed by atoms with Gasteiger partial charge in [-0.25, -0.2) is 9.59 Å². The lowest BCUT2D eigenvalue weighted by atomic mass is 10.0. The largest absolute Gasteiger partial charge is 0.486 e. The summed E-state index contributed by atoms with van der Waals surface area (Å²) in [6, 6.07) is 27.3. The van der Waals surface area contributed by atoms with Crippen molar-refractivity contribution in [1.82, 2.24) is 5.32 Å². The molecular formula is C35H29NO8. The van der Waals surface area contributed by atoms with Crippen molar-refractivity contribution in [3.05, 3.63) is 124 Å². The molecule has 0 fully saturated rings. The van der Waals surface area contributed by atoms with Crippen molar-refractivity contribution in [2.24, 2.45) is 0 Å². The third kappa shape index (κ3) is 6.42. The lowest BCUT2D eigenvalue weighted by Gasteiger charge is -2.19. The van der Waals surface area contributed by atoms with Crippen molar-refractivity contribution < 1.29 is 33.0 Å². The topological polar surface area (TPSA) is 113 Å². The van der Waals surface area contributed by atoms with Gasteiger partial charge in [0.15, 0.2) is 11.5 Å². The van der Waals surface area contributed by atoms with Gasteiger partial charge in [-0.2, -0.15) is 0 Å². The molecule has 5 aromatic rings. The van der Waals surface area contributed by atoms with Gasteiger partial charge in [0, 0.05) is 12.5 Å². The van der Waals surface area contributed by atoms with Gasteiger partial charge in [0.25, 0.3) is 0 Å². The maximum atomic E-state index is 13.5. The molecular weight excluding hydrogens is 562 g/mol. The molecule has 1 unspecified atom stereocenters. The Balaban J connectivity index is 1.22. The van der Waals surface area contributed by atoms with Crippen molar-refractivity contribution in [1.29, 1.82) is 0 Å². The number of nitrogens with one attached hydrogen (secondary N) is 1. The van der Waals surface area contributed by atoms with Crippen LogP contribution in [0.3, 0.4) is 0 Å². The molecule has 1 aliphatic heterocycles. The smallest absolute Gasteiger partial charge is 0.408 e. The van der Waals surface area contributed by atoms with E-state index in [1.54, 1.807) is 31.2 Å². The summed E-state index contributed by atoms with van der Waals surface area (Å²) in [6.07, 6.45) is -0.570. The van der Waals surface area contributed by atoms with E-state index in [2.05, 4.69) is 5.32 Å². The maximum absolute atomic E-state index is 13.5. The highest BCUT2D eigenvalue weighted by Crippen LogP contribution is 2.35. The van der Waals surface area contributed by atoms with Gasteiger partial charge < -0.3 is 28.7 Å². The number of carbonyl (C=O) groups excluding carboxylic acids is 2. The summed E-state index contributed by atoms with van der Waals surface area (Å²) in [5, 5.41) is 2.95. The summed E-state index contributed by atoms with van der Waals surface area (Å²) in [5.41, 5.74) is 2.71. The van der Waals surface area contributed by atoms with Gasteiger partial charge in [-0.05, 0) is 47.9 Å². The van der Waals surface area contributed by atoms with Crippen LogP contribution < -0.4 is 25.0 Å². The summed E-state index contributed by atoms with van der Waals surface area (Å²) in [4.78, 5) is 39.5. The SMILES string of the molecule is Cc1oc2cc(OC(=O)C(Cc3ccccc3)NC(=O)OCc3ccccc3)ccc2c(=O)c1-c1ccc2c(c1)OCCO2. The number of aryl methyl sites for hydroxylation is 1. The zero-order valence-electron chi connectivity index (χ0n) is 23.9. The highest BCUT2D eigenvalue weighted by Gasteiger charge is 2.25. The maximum Gasteiger partial charge on any atom is 0.408 e. The summed E-state index contributed by atoms with van der Waals surface area (Å²) in [7, 11) is 0. The molecule has 0 spiro atoms. The molecule has 4 aromatic carbocycles. The van der Waals surface area contributed by atoms with Gasteiger partial charge in [0.1, 0.15) is 43.0 Å². The van der Waals surface area contributed by atoms with E-state index in [-0.39, 0.29) is 29.8 Å². The average molecular weight is 592 g/mol. The van der Waals surface area contributed by atoms with E-state index in [4.69, 9.17) is 23.4 Å². The molecule has 1 aliphatic rings. The molecule has 0 radical (unpaired) electrons. The molecule has 9 nitrogen and oxygen atoms in total. The molecule has 6 rings (SSSR count). The molecule has 1 aromatic heterocycles. The predicted octanol–water partition coefficient (Wildman–Crippen LogP) is 5.98. The fraction of sp³-hybridized carbons (Fsp3) is 0.171. The van der Waals surface area contributed by atoms with Crippen LogP contribution >= 0.6 is 0 Å². The van der Waals surface area contributed by atoms with Crippen molar-refractivity contribution >= 4 is 23.0 Å². The molecule has 1 amide bonds. The van der Waals surface area contributed by atoms with Gasteiger partial charge in [0.05, 0.1) is 10.9 Å². The number of amides is 1. The van der Waals surface area contributed by atoms with E-state index in [0.29, 0.717) is 47.0 Å². The van der Waals surface area contributed by atoms with E-state index in [1.165, 1.54) is 12.1 Å². The summed E-state index contributed by atoms with van der Waals surface area (Å²) in [5.74, 6) is 1.05. The first kappa shape index (κ1) is 28.5. The zero-order chi connectivity index (χ0) is 30.5. The zero-order valence-corrected chi connectivity index (χ0v) is 23.9. The molecule has 0 bridgehead atoms. The second-order valence-corrected chi connectivity index (χ2v) is 10.2. The molecule has 9 heteroatoms. The second kappa shape index (κ2) is 12.7. The van der Waals surface area contributed by atoms with Gasteiger partial charge >= 0.3 is 12.1 Å². The van der Waals surface area contributed by atoms with Crippen LogP contribution in [0, 0.1) is 6.92 Å². The summed E-state index contributed by atoms with van der Waals surface area (Å²) >= 11 is 0. The van der Waals surface area contributed by atoms with Crippen molar-refractivity contribution in [3.63, 3.8) is 0 Å². The van der Waals surface area contributed by atoms with Crippen molar-refractivity contribution in [3.8, 4) is 28.4 Å². The molecule has 222 valence electrons. The van der Waals surface area contributed by atoms with E-state index >= 15 is 0 Å². The lowest BCUT2D eigenvalue weighted by molar-refractivity contribution is -0.136. The Hall–Kier alpha value is -5.57. The minimum Gasteiger partial charge on any atom is -0.486 e. The average Bonchev–Trinajstić information content (AvgIpc) is 3.04. The number of fused-ring (bicyclic) bond motifs is 2. The monoisotopic (exact) mass is 591 g/mol. The number of hydrogen-bond acceptors (Lipinski definition) is 8. The standard InChI is InChI=1S/C35H29NO8/c1-22-32(25-12-15-29-31(19-25)41-17-16-40-29)33(37)27-14-13-26(20-30(27)43-22)44-34(38)28(18-23-8-4-2-5-9-23)36-35(39)42-21-24-10-6-3-7-11-24/h2-15,19-20,28H,16-18,21H2,1H3,(H,36,39). The highest BCUT2D eigenvalue weighted by molar-refractivity contribution is 5.87. The van der Waals surface area contributed by atoms with E-state index < -0.39 is 18.1 Å². The predicted molar refractivity (Wildman–Crippen MR) is 163 cm³/mol. The Labute approximate surface area is 252 Å². The number of alkyl carbamates (subject to hydrolysis) is 1. The van der Waals surface area contributed by atoms with E-state index in [9.17, 15) is 14.4 Å². The number of hydrogen-bond donors (Lipinski definition) is 1. The Bertz CT molecular complexity index is 1870. The van der Waals surface area contributed by atoms with Crippen molar-refractivity contribution in [2.45, 2.75) is 26.0 Å². The van der Waals surface area contributed by atoms with Gasteiger partial charge in [-0.15, -0.1) is 0 Å². The number of rotatable bonds is 8. The first-order valence-electron chi connectivity index (χ1n) is 14.1. The van der Waals surface area contributed by atoms with Crippen LogP contribution in [0.4, 0.5) is 4.79 Å². The summed E-state index contributed by atoms with van der Waals surface area (Å²) < 4.78 is 28.3. The van der Waals surface area contributed by atoms with Crippen LogP contribution in [0.5, 0.6) is 17.2 Å². The Kier molecular flexibility index (Phi) is 8.27. The van der Waals surface area contributed by atoms with Crippen molar-refractivity contribution in [2.75, 3.05) is 13.2 Å². The molecule has 0 saturated heterocycles. The Morgan fingerprint density at radius 3 is 2.30 bits per heavy atom. The molecule has 0 aliphatic carbocycles. The number of esters is 1. The Morgan fingerprint density at radius 2 is 1.55 bits per heavy atom. The van der Waals surface area contributed by atoms with Crippen LogP contribution in [0.15, 0.2) is 106 Å². The second-order valence-electron chi connectivity index (χ2n) is 10.2. The number of benzene rings is 4. The summed E-state index contributed by atoms with van der Waals surface area (Å²) in [6.45, 7) is 2.65. The third-order valence-electron chi connectivity index (χ3n) is 7.16. The van der Waals surface area contributed by atoms with Crippen LogP contribution in [0.2, 0.25) is 0 Å². The fourth-order valence-electron chi connectivity index (χ4n) is 5.02. The number of ether oxygens (including phenoxy) is 4. The fourth-order valence-corrected chi connectivity index (χ4v) is 5.02. The van der Waals surface area contributed by atoms with Gasteiger partial charge in [-0.3, -0.25) is 4.79 Å². The first-order valence-corrected chi connectivity index (χ1v) is 14.1. The number of carbonyl (C=O) groups is 2. The molecule has 44 heavy (non-hydrogen) atoms. The molecule has 1 N–H and O–H groups in total. The minimum atomic E-state index is -1.04. The quantitative estimate of drug-likeness (QED) is 0.173. The normalized spacial score (nSPS) is 12.8. The Morgan fingerprint density at radius 1 is 0.841 bits per heavy atom. The molecule has 0 saturated carbocycles.